The molecule has 0 N–H and O–H groups in total. The van der Waals surface area contributed by atoms with E-state index in [0.717, 1.165) is 34.1 Å². The molecule has 0 amide bonds. The monoisotopic (exact) mass is 292 g/mol. The van der Waals surface area contributed by atoms with Crippen molar-refractivity contribution in [1.82, 2.24) is 0 Å². The first-order valence-corrected chi connectivity index (χ1v) is 7.12. The summed E-state index contributed by atoms with van der Waals surface area (Å²) in [4.78, 5) is 10.8. The highest BCUT2D eigenvalue weighted by Crippen LogP contribution is 2.26. The molecule has 3 heteroatoms. The molecule has 0 saturated heterocycles. The van der Waals surface area contributed by atoms with Crippen LogP contribution in [0.4, 0.5) is 0 Å². The number of carbonyl (C=O) groups excluding carboxylic acids is 1. The summed E-state index contributed by atoms with van der Waals surface area (Å²) in [5.74, 6) is 0.962. The number of alkyl halides is 2. The number of benzene rings is 2. The number of carbonyl (C=O) groups is 1. The van der Waals surface area contributed by atoms with E-state index in [0.29, 0.717) is 18.2 Å². The minimum atomic E-state index is 0.400. The van der Waals surface area contributed by atoms with Gasteiger partial charge in [-0.3, -0.25) is 0 Å². The van der Waals surface area contributed by atoms with Crippen molar-refractivity contribution in [3.8, 4) is 11.1 Å². The Balaban J connectivity index is 2.44. The van der Waals surface area contributed by atoms with Gasteiger partial charge in [-0.25, -0.2) is 0 Å². The zero-order chi connectivity index (χ0) is 13.7. The van der Waals surface area contributed by atoms with Crippen LogP contribution in [-0.4, -0.2) is 6.29 Å². The van der Waals surface area contributed by atoms with Gasteiger partial charge in [0.2, 0.25) is 0 Å². The van der Waals surface area contributed by atoms with Crippen LogP contribution in [0.5, 0.6) is 0 Å². The highest BCUT2D eigenvalue weighted by Gasteiger charge is 2.06. The van der Waals surface area contributed by atoms with Crippen molar-refractivity contribution < 1.29 is 4.79 Å². The molecule has 0 radical (unpaired) electrons. The summed E-state index contributed by atoms with van der Waals surface area (Å²) in [7, 11) is 0. The van der Waals surface area contributed by atoms with Gasteiger partial charge >= 0.3 is 0 Å². The molecule has 0 saturated carbocycles. The van der Waals surface area contributed by atoms with Crippen LogP contribution < -0.4 is 0 Å². The number of hydrogen-bond donors (Lipinski definition) is 0. The Morgan fingerprint density at radius 1 is 0.895 bits per heavy atom. The van der Waals surface area contributed by atoms with E-state index in [1.165, 1.54) is 0 Å². The molecule has 0 aliphatic carbocycles. The number of aldehydes is 1. The summed E-state index contributed by atoms with van der Waals surface area (Å²) >= 11 is 11.6. The zero-order valence-electron chi connectivity index (χ0n) is 10.4. The highest BCUT2D eigenvalue weighted by molar-refractivity contribution is 6.17. The van der Waals surface area contributed by atoms with Crippen LogP contribution in [0.25, 0.3) is 11.1 Å². The minimum absolute atomic E-state index is 0.400. The topological polar surface area (TPSA) is 17.1 Å². The Bertz CT molecular complexity index is 561. The van der Waals surface area contributed by atoms with Gasteiger partial charge in [-0.05, 0) is 27.8 Å². The average molecular weight is 293 g/mol. The lowest BCUT2D eigenvalue weighted by molar-refractivity contribution is -0.107. The predicted octanol–water partition coefficient (Wildman–Crippen LogP) is 4.57. The fourth-order valence-corrected chi connectivity index (χ4v) is 2.39. The van der Waals surface area contributed by atoms with Gasteiger partial charge in [0.25, 0.3) is 0 Å². The molecule has 0 bridgehead atoms. The van der Waals surface area contributed by atoms with Gasteiger partial charge in [-0.1, -0.05) is 42.5 Å². The normalized spacial score (nSPS) is 10.4. The highest BCUT2D eigenvalue weighted by atomic mass is 35.5. The van der Waals surface area contributed by atoms with Gasteiger partial charge in [-0.15, -0.1) is 23.2 Å². The molecule has 0 aliphatic heterocycles. The fourth-order valence-electron chi connectivity index (χ4n) is 2.04. The summed E-state index contributed by atoms with van der Waals surface area (Å²) in [6, 6.07) is 14.1. The number of hydrogen-bond acceptors (Lipinski definition) is 1. The predicted molar refractivity (Wildman–Crippen MR) is 80.8 cm³/mol. The van der Waals surface area contributed by atoms with Crippen molar-refractivity contribution in [3.05, 3.63) is 59.2 Å². The van der Waals surface area contributed by atoms with E-state index < -0.39 is 0 Å². The largest absolute Gasteiger partial charge is 0.303 e. The van der Waals surface area contributed by atoms with Crippen LogP contribution >= 0.6 is 23.2 Å². The van der Waals surface area contributed by atoms with Crippen molar-refractivity contribution in [2.24, 2.45) is 0 Å². The van der Waals surface area contributed by atoms with Gasteiger partial charge in [0.15, 0.2) is 0 Å². The van der Waals surface area contributed by atoms with Crippen molar-refractivity contribution in [2.45, 2.75) is 18.2 Å². The fraction of sp³-hybridized carbons (Fsp3) is 0.188. The van der Waals surface area contributed by atoms with Gasteiger partial charge in [-0.2, -0.15) is 0 Å². The van der Waals surface area contributed by atoms with Gasteiger partial charge in [0.1, 0.15) is 6.29 Å². The molecule has 0 aliphatic rings. The summed E-state index contributed by atoms with van der Waals surface area (Å²) < 4.78 is 0. The SMILES string of the molecule is O=CCc1cc(CCl)ccc1-c1ccc(CCl)cc1. The minimum Gasteiger partial charge on any atom is -0.303 e. The first-order chi connectivity index (χ1) is 9.28. The second-order valence-electron chi connectivity index (χ2n) is 4.33. The van der Waals surface area contributed by atoms with Crippen LogP contribution in [0.1, 0.15) is 16.7 Å². The van der Waals surface area contributed by atoms with E-state index in [1.807, 2.05) is 42.5 Å². The smallest absolute Gasteiger partial charge is 0.124 e. The lowest BCUT2D eigenvalue weighted by atomic mass is 9.95. The molecule has 2 aromatic carbocycles. The van der Waals surface area contributed by atoms with E-state index in [2.05, 4.69) is 0 Å². The molecule has 0 spiro atoms. The molecule has 19 heavy (non-hydrogen) atoms. The first-order valence-electron chi connectivity index (χ1n) is 6.05. The standard InChI is InChI=1S/C16H14Cl2O/c17-10-12-1-4-14(5-2-12)16-6-3-13(11-18)9-15(16)7-8-19/h1-6,8-9H,7,10-11H2. The summed E-state index contributed by atoms with van der Waals surface area (Å²) in [6.07, 6.45) is 1.32. The third kappa shape index (κ3) is 3.37. The molecule has 0 heterocycles. The van der Waals surface area contributed by atoms with Gasteiger partial charge in [0, 0.05) is 18.2 Å². The maximum absolute atomic E-state index is 10.8. The van der Waals surface area contributed by atoms with Crippen LogP contribution in [0, 0.1) is 0 Å². The van der Waals surface area contributed by atoms with Crippen LogP contribution in [-0.2, 0) is 23.0 Å². The van der Waals surface area contributed by atoms with E-state index >= 15 is 0 Å². The molecule has 1 nitrogen and oxygen atoms in total. The van der Waals surface area contributed by atoms with Crippen molar-refractivity contribution in [1.29, 1.82) is 0 Å². The molecule has 0 unspecified atom stereocenters. The molecule has 98 valence electrons. The maximum Gasteiger partial charge on any atom is 0.124 e. The second kappa shape index (κ2) is 6.74. The maximum atomic E-state index is 10.8. The average Bonchev–Trinajstić information content (AvgIpc) is 2.47. The first kappa shape index (κ1) is 14.1. The lowest BCUT2D eigenvalue weighted by Crippen LogP contribution is -1.93. The summed E-state index contributed by atoms with van der Waals surface area (Å²) in [5.41, 5.74) is 5.28. The number of halogens is 2. The second-order valence-corrected chi connectivity index (χ2v) is 4.86. The molecule has 0 fully saturated rings. The Kier molecular flexibility index (Phi) is 5.00. The number of rotatable bonds is 5. The molecular formula is C16H14Cl2O. The quantitative estimate of drug-likeness (QED) is 0.583. The van der Waals surface area contributed by atoms with Crippen LogP contribution in [0.15, 0.2) is 42.5 Å². The van der Waals surface area contributed by atoms with Gasteiger partial charge < -0.3 is 4.79 Å². The Hall–Kier alpha value is -1.31. The molecule has 0 atom stereocenters. The summed E-state index contributed by atoms with van der Waals surface area (Å²) in [5, 5.41) is 0. The molecule has 0 aromatic heterocycles. The van der Waals surface area contributed by atoms with E-state index in [1.54, 1.807) is 0 Å². The van der Waals surface area contributed by atoms with E-state index in [4.69, 9.17) is 23.2 Å². The molecular weight excluding hydrogens is 279 g/mol. The zero-order valence-corrected chi connectivity index (χ0v) is 11.9. The van der Waals surface area contributed by atoms with Gasteiger partial charge in [0.05, 0.1) is 0 Å². The van der Waals surface area contributed by atoms with E-state index in [9.17, 15) is 4.79 Å². The molecule has 2 aromatic rings. The third-order valence-electron chi connectivity index (χ3n) is 3.05. The Morgan fingerprint density at radius 3 is 2.11 bits per heavy atom. The van der Waals surface area contributed by atoms with Crippen LogP contribution in [0.3, 0.4) is 0 Å². The lowest BCUT2D eigenvalue weighted by Gasteiger charge is -2.10. The van der Waals surface area contributed by atoms with E-state index in [-0.39, 0.29) is 0 Å². The molecule has 2 rings (SSSR count). The van der Waals surface area contributed by atoms with Crippen molar-refractivity contribution >= 4 is 29.5 Å². The van der Waals surface area contributed by atoms with Crippen molar-refractivity contribution in [2.75, 3.05) is 0 Å². The Morgan fingerprint density at radius 2 is 1.53 bits per heavy atom. The summed E-state index contributed by atoms with van der Waals surface area (Å²) in [6.45, 7) is 0. The third-order valence-corrected chi connectivity index (χ3v) is 3.66. The van der Waals surface area contributed by atoms with Crippen molar-refractivity contribution in [3.63, 3.8) is 0 Å². The Labute approximate surface area is 123 Å². The van der Waals surface area contributed by atoms with Crippen LogP contribution in [0.2, 0.25) is 0 Å².